The average Bonchev–Trinajstić information content (AvgIpc) is 2.64. The Morgan fingerprint density at radius 1 is 1.47 bits per heavy atom. The first-order chi connectivity index (χ1) is 8.70. The number of sulfone groups is 1. The molecule has 0 saturated carbocycles. The van der Waals surface area contributed by atoms with Gasteiger partial charge in [-0.15, -0.1) is 0 Å². The highest BCUT2D eigenvalue weighted by atomic mass is 32.2. The van der Waals surface area contributed by atoms with E-state index in [0.29, 0.717) is 26.0 Å². The van der Waals surface area contributed by atoms with Gasteiger partial charge in [0, 0.05) is 26.3 Å². The van der Waals surface area contributed by atoms with Crippen LogP contribution in [0.1, 0.15) is 26.7 Å². The molecule has 7 heteroatoms. The fourth-order valence-corrected chi connectivity index (χ4v) is 4.17. The number of rotatable bonds is 7. The second kappa shape index (κ2) is 6.19. The summed E-state index contributed by atoms with van der Waals surface area (Å²) in [5.41, 5.74) is -1.07. The van der Waals surface area contributed by atoms with Gasteiger partial charge >= 0.3 is 5.97 Å². The summed E-state index contributed by atoms with van der Waals surface area (Å²) >= 11 is 0. The van der Waals surface area contributed by atoms with E-state index in [4.69, 9.17) is 4.74 Å². The second-order valence-corrected chi connectivity index (χ2v) is 7.69. The third-order valence-corrected chi connectivity index (χ3v) is 5.39. The number of aliphatic carboxylic acids is 1. The Balaban J connectivity index is 2.84. The summed E-state index contributed by atoms with van der Waals surface area (Å²) in [7, 11) is -1.43. The van der Waals surface area contributed by atoms with Gasteiger partial charge in [0.2, 0.25) is 0 Å². The molecule has 0 spiro atoms. The summed E-state index contributed by atoms with van der Waals surface area (Å²) in [4.78, 5) is 13.2. The lowest BCUT2D eigenvalue weighted by molar-refractivity contribution is -0.151. The Bertz CT molecular complexity index is 418. The Morgan fingerprint density at radius 2 is 2.11 bits per heavy atom. The summed E-state index contributed by atoms with van der Waals surface area (Å²) in [6, 6.07) is -0.215. The normalized spacial score (nSPS) is 22.8. The topological polar surface area (TPSA) is 83.9 Å². The zero-order valence-electron chi connectivity index (χ0n) is 11.8. The van der Waals surface area contributed by atoms with Gasteiger partial charge in [-0.1, -0.05) is 0 Å². The monoisotopic (exact) mass is 293 g/mol. The lowest BCUT2D eigenvalue weighted by Gasteiger charge is -2.39. The molecule has 0 aromatic rings. The largest absolute Gasteiger partial charge is 0.480 e. The van der Waals surface area contributed by atoms with Crippen molar-refractivity contribution < 1.29 is 23.1 Å². The SMILES string of the molecule is COCCCN(C1CCS(=O)(=O)C1)C(C)(C)C(=O)O. The molecule has 0 radical (unpaired) electrons. The van der Waals surface area contributed by atoms with E-state index in [-0.39, 0.29) is 17.5 Å². The molecule has 0 aromatic carbocycles. The lowest BCUT2D eigenvalue weighted by Crippen LogP contribution is -2.55. The summed E-state index contributed by atoms with van der Waals surface area (Å²) in [6.45, 7) is 4.29. The number of carboxylic acids is 1. The smallest absolute Gasteiger partial charge is 0.323 e. The average molecular weight is 293 g/mol. The highest BCUT2D eigenvalue weighted by Gasteiger charge is 2.42. The molecule has 1 N–H and O–H groups in total. The molecule has 1 unspecified atom stereocenters. The van der Waals surface area contributed by atoms with E-state index in [1.54, 1.807) is 25.9 Å². The zero-order valence-corrected chi connectivity index (χ0v) is 12.6. The third-order valence-electron chi connectivity index (χ3n) is 3.64. The van der Waals surface area contributed by atoms with Gasteiger partial charge in [0.25, 0.3) is 0 Å². The van der Waals surface area contributed by atoms with Gasteiger partial charge in [-0.05, 0) is 26.7 Å². The van der Waals surface area contributed by atoms with Crippen molar-refractivity contribution >= 4 is 15.8 Å². The van der Waals surface area contributed by atoms with Gasteiger partial charge in [-0.25, -0.2) is 8.42 Å². The van der Waals surface area contributed by atoms with Crippen LogP contribution in [0.5, 0.6) is 0 Å². The molecular formula is C12H23NO5S. The molecule has 1 saturated heterocycles. The fraction of sp³-hybridized carbons (Fsp3) is 0.917. The van der Waals surface area contributed by atoms with Crippen LogP contribution < -0.4 is 0 Å². The van der Waals surface area contributed by atoms with Crippen LogP contribution in [0.2, 0.25) is 0 Å². The molecule has 1 aliphatic heterocycles. The molecule has 0 aliphatic carbocycles. The van der Waals surface area contributed by atoms with E-state index in [9.17, 15) is 18.3 Å². The summed E-state index contributed by atoms with van der Waals surface area (Å²) < 4.78 is 28.1. The number of hydrogen-bond donors (Lipinski definition) is 1. The predicted octanol–water partition coefficient (Wildman–Crippen LogP) is 0.375. The molecule has 1 fully saturated rings. The van der Waals surface area contributed by atoms with Crippen LogP contribution in [0.3, 0.4) is 0 Å². The highest BCUT2D eigenvalue weighted by molar-refractivity contribution is 7.91. The zero-order chi connectivity index (χ0) is 14.7. The van der Waals surface area contributed by atoms with Crippen LogP contribution in [0.4, 0.5) is 0 Å². The van der Waals surface area contributed by atoms with Crippen LogP contribution in [-0.4, -0.2) is 67.7 Å². The minimum absolute atomic E-state index is 0.0523. The van der Waals surface area contributed by atoms with E-state index in [0.717, 1.165) is 0 Å². The van der Waals surface area contributed by atoms with Crippen molar-refractivity contribution in [2.45, 2.75) is 38.3 Å². The molecule has 19 heavy (non-hydrogen) atoms. The van der Waals surface area contributed by atoms with Gasteiger partial charge in [-0.3, -0.25) is 9.69 Å². The second-order valence-electron chi connectivity index (χ2n) is 5.46. The van der Waals surface area contributed by atoms with Crippen molar-refractivity contribution in [3.8, 4) is 0 Å². The van der Waals surface area contributed by atoms with Crippen LogP contribution in [0.25, 0.3) is 0 Å². The first-order valence-electron chi connectivity index (χ1n) is 6.40. The van der Waals surface area contributed by atoms with Crippen LogP contribution in [-0.2, 0) is 19.4 Å². The lowest BCUT2D eigenvalue weighted by atomic mass is 9.99. The molecule has 0 bridgehead atoms. The molecule has 0 amide bonds. The molecule has 1 aliphatic rings. The molecule has 1 heterocycles. The Labute approximate surface area is 114 Å². The number of hydrogen-bond acceptors (Lipinski definition) is 5. The first kappa shape index (κ1) is 16.4. The van der Waals surface area contributed by atoms with Gasteiger partial charge in [0.05, 0.1) is 11.5 Å². The van der Waals surface area contributed by atoms with Gasteiger partial charge in [0.1, 0.15) is 5.54 Å². The van der Waals surface area contributed by atoms with E-state index < -0.39 is 21.3 Å². The van der Waals surface area contributed by atoms with E-state index in [2.05, 4.69) is 0 Å². The maximum Gasteiger partial charge on any atom is 0.323 e. The number of carboxylic acid groups (broad SMARTS) is 1. The molecule has 112 valence electrons. The number of ether oxygens (including phenoxy) is 1. The van der Waals surface area contributed by atoms with Crippen molar-refractivity contribution in [2.24, 2.45) is 0 Å². The summed E-state index contributed by atoms with van der Waals surface area (Å²) in [5.74, 6) is -0.737. The van der Waals surface area contributed by atoms with Gasteiger partial charge in [0.15, 0.2) is 9.84 Å². The molecule has 0 aromatic heterocycles. The van der Waals surface area contributed by atoms with E-state index >= 15 is 0 Å². The molecule has 1 rings (SSSR count). The van der Waals surface area contributed by atoms with Crippen molar-refractivity contribution in [3.63, 3.8) is 0 Å². The fourth-order valence-electron chi connectivity index (χ4n) is 2.44. The molecular weight excluding hydrogens is 270 g/mol. The van der Waals surface area contributed by atoms with Crippen molar-refractivity contribution in [3.05, 3.63) is 0 Å². The first-order valence-corrected chi connectivity index (χ1v) is 8.22. The maximum absolute atomic E-state index is 11.6. The van der Waals surface area contributed by atoms with Crippen LogP contribution in [0.15, 0.2) is 0 Å². The maximum atomic E-state index is 11.6. The number of methoxy groups -OCH3 is 1. The third kappa shape index (κ3) is 4.15. The van der Waals surface area contributed by atoms with Gasteiger partial charge in [-0.2, -0.15) is 0 Å². The Morgan fingerprint density at radius 3 is 2.53 bits per heavy atom. The Hall–Kier alpha value is -0.660. The standard InChI is InChI=1S/C12H23NO5S/c1-12(2,11(14)15)13(6-4-7-18-3)10-5-8-19(16,17)9-10/h10H,4-9H2,1-3H3,(H,14,15). The predicted molar refractivity (Wildman–Crippen MR) is 72.0 cm³/mol. The highest BCUT2D eigenvalue weighted by Crippen LogP contribution is 2.26. The number of nitrogens with zero attached hydrogens (tertiary/aromatic N) is 1. The summed E-state index contributed by atoms with van der Waals surface area (Å²) in [6.07, 6.45) is 1.19. The minimum atomic E-state index is -3.02. The quantitative estimate of drug-likeness (QED) is 0.683. The van der Waals surface area contributed by atoms with E-state index in [1.807, 2.05) is 0 Å². The summed E-state index contributed by atoms with van der Waals surface area (Å²) in [5, 5.41) is 9.34. The molecule has 6 nitrogen and oxygen atoms in total. The van der Waals surface area contributed by atoms with Gasteiger partial charge < -0.3 is 9.84 Å². The van der Waals surface area contributed by atoms with Crippen molar-refractivity contribution in [2.75, 3.05) is 31.8 Å². The Kier molecular flexibility index (Phi) is 5.34. The van der Waals surface area contributed by atoms with E-state index in [1.165, 1.54) is 0 Å². The minimum Gasteiger partial charge on any atom is -0.480 e. The van der Waals surface area contributed by atoms with Crippen molar-refractivity contribution in [1.82, 2.24) is 4.90 Å². The van der Waals surface area contributed by atoms with Crippen LogP contribution in [0, 0.1) is 0 Å². The number of carbonyl (C=O) groups is 1. The molecule has 1 atom stereocenters. The van der Waals surface area contributed by atoms with Crippen molar-refractivity contribution in [1.29, 1.82) is 0 Å². The van der Waals surface area contributed by atoms with Crippen LogP contribution >= 0.6 is 0 Å².